The van der Waals surface area contributed by atoms with Gasteiger partial charge in [-0.2, -0.15) is 0 Å². The minimum atomic E-state index is 0.730. The second kappa shape index (κ2) is 10.7. The van der Waals surface area contributed by atoms with Crippen molar-refractivity contribution in [2.75, 3.05) is 6.61 Å². The van der Waals surface area contributed by atoms with Crippen molar-refractivity contribution in [1.29, 1.82) is 0 Å². The Morgan fingerprint density at radius 1 is 0.733 bits per heavy atom. The number of hydrogen-bond donors (Lipinski definition) is 0. The molecule has 0 amide bonds. The van der Waals surface area contributed by atoms with E-state index in [9.17, 15) is 0 Å². The van der Waals surface area contributed by atoms with E-state index >= 15 is 0 Å². The van der Waals surface area contributed by atoms with Gasteiger partial charge in [-0.25, -0.2) is 0 Å². The highest BCUT2D eigenvalue weighted by Gasteiger charge is 2.31. The lowest BCUT2D eigenvalue weighted by molar-refractivity contribution is 0.155. The first-order chi connectivity index (χ1) is 14.8. The van der Waals surface area contributed by atoms with Gasteiger partial charge in [0.25, 0.3) is 0 Å². The Kier molecular flexibility index (Phi) is 7.74. The maximum atomic E-state index is 5.66. The molecule has 30 heavy (non-hydrogen) atoms. The average molecular weight is 407 g/mol. The van der Waals surface area contributed by atoms with E-state index in [1.807, 2.05) is 6.92 Å². The first-order valence-electron chi connectivity index (χ1n) is 12.9. The SMILES string of the molecule is CCCCCC1CCC(C2CCC(c3ccc4cc(OCC)ccc4c3)CC2)CC1. The van der Waals surface area contributed by atoms with Crippen molar-refractivity contribution in [3.8, 4) is 5.75 Å². The second-order valence-electron chi connectivity index (χ2n) is 10.1. The van der Waals surface area contributed by atoms with Crippen molar-refractivity contribution in [3.63, 3.8) is 0 Å². The zero-order valence-electron chi connectivity index (χ0n) is 19.4. The molecule has 2 aromatic carbocycles. The summed E-state index contributed by atoms with van der Waals surface area (Å²) >= 11 is 0. The van der Waals surface area contributed by atoms with Crippen LogP contribution in [0.4, 0.5) is 0 Å². The Morgan fingerprint density at radius 3 is 2.10 bits per heavy atom. The molecule has 0 radical (unpaired) electrons. The highest BCUT2D eigenvalue weighted by molar-refractivity contribution is 5.84. The van der Waals surface area contributed by atoms with Gasteiger partial charge in [-0.3, -0.25) is 0 Å². The van der Waals surface area contributed by atoms with Gasteiger partial charge in [-0.1, -0.05) is 69.7 Å². The molecule has 0 atom stereocenters. The quantitative estimate of drug-likeness (QED) is 0.398. The minimum Gasteiger partial charge on any atom is -0.494 e. The molecule has 0 spiro atoms. The summed E-state index contributed by atoms with van der Waals surface area (Å²) in [6.45, 7) is 5.10. The van der Waals surface area contributed by atoms with Crippen LogP contribution in [-0.4, -0.2) is 6.61 Å². The Bertz CT molecular complexity index is 778. The third-order valence-electron chi connectivity index (χ3n) is 8.16. The lowest BCUT2D eigenvalue weighted by Gasteiger charge is -2.38. The number of unbranched alkanes of at least 4 members (excludes halogenated alkanes) is 2. The van der Waals surface area contributed by atoms with E-state index < -0.39 is 0 Å². The van der Waals surface area contributed by atoms with Crippen molar-refractivity contribution in [1.82, 2.24) is 0 Å². The zero-order valence-corrected chi connectivity index (χ0v) is 19.4. The molecular weight excluding hydrogens is 364 g/mol. The number of benzene rings is 2. The monoisotopic (exact) mass is 406 g/mol. The maximum Gasteiger partial charge on any atom is 0.119 e. The first kappa shape index (κ1) is 21.7. The van der Waals surface area contributed by atoms with Gasteiger partial charge >= 0.3 is 0 Å². The maximum absolute atomic E-state index is 5.66. The van der Waals surface area contributed by atoms with Gasteiger partial charge in [0.05, 0.1) is 6.61 Å². The molecule has 0 heterocycles. The van der Waals surface area contributed by atoms with Crippen molar-refractivity contribution in [2.45, 2.75) is 96.8 Å². The fourth-order valence-electron chi connectivity index (χ4n) is 6.31. The van der Waals surface area contributed by atoms with Gasteiger partial charge in [0, 0.05) is 0 Å². The minimum absolute atomic E-state index is 0.730. The molecule has 2 fully saturated rings. The fourth-order valence-corrected chi connectivity index (χ4v) is 6.31. The van der Waals surface area contributed by atoms with Crippen LogP contribution in [0.2, 0.25) is 0 Å². The summed E-state index contributed by atoms with van der Waals surface area (Å²) in [5.74, 6) is 4.83. The van der Waals surface area contributed by atoms with Gasteiger partial charge in [-0.05, 0) is 97.6 Å². The standard InChI is InChI=1S/C29H42O/c1-3-5-6-7-22-8-10-23(11-9-22)24-12-14-25(15-13-24)26-16-17-28-21-29(30-4-2)19-18-27(28)20-26/h16-25H,3-15H2,1-2H3. The Balaban J connectivity index is 1.28. The Labute approximate surface area is 184 Å². The molecule has 2 saturated carbocycles. The van der Waals surface area contributed by atoms with Gasteiger partial charge in [0.1, 0.15) is 5.75 Å². The largest absolute Gasteiger partial charge is 0.494 e. The third kappa shape index (κ3) is 5.40. The predicted octanol–water partition coefficient (Wildman–Crippen LogP) is 8.90. The third-order valence-corrected chi connectivity index (χ3v) is 8.16. The molecule has 2 aliphatic rings. The Morgan fingerprint density at radius 2 is 1.40 bits per heavy atom. The summed E-state index contributed by atoms with van der Waals surface area (Å²) in [6, 6.07) is 13.7. The van der Waals surface area contributed by atoms with Crippen LogP contribution in [0.1, 0.15) is 102 Å². The molecule has 0 N–H and O–H groups in total. The summed E-state index contributed by atoms with van der Waals surface area (Å²) in [6.07, 6.45) is 17.5. The average Bonchev–Trinajstić information content (AvgIpc) is 2.80. The van der Waals surface area contributed by atoms with E-state index in [1.54, 1.807) is 5.56 Å². The van der Waals surface area contributed by atoms with Crippen LogP contribution in [0.5, 0.6) is 5.75 Å². The van der Waals surface area contributed by atoms with Gasteiger partial charge < -0.3 is 4.74 Å². The summed E-state index contributed by atoms with van der Waals surface area (Å²) in [5.41, 5.74) is 1.56. The molecule has 2 aliphatic carbocycles. The molecule has 0 unspecified atom stereocenters. The number of ether oxygens (including phenoxy) is 1. The molecule has 0 aliphatic heterocycles. The number of hydrogen-bond acceptors (Lipinski definition) is 1. The number of fused-ring (bicyclic) bond motifs is 1. The smallest absolute Gasteiger partial charge is 0.119 e. The lowest BCUT2D eigenvalue weighted by Crippen LogP contribution is -2.25. The van der Waals surface area contributed by atoms with Gasteiger partial charge in [0.2, 0.25) is 0 Å². The van der Waals surface area contributed by atoms with Crippen LogP contribution in [0.3, 0.4) is 0 Å². The van der Waals surface area contributed by atoms with E-state index in [0.717, 1.165) is 36.0 Å². The highest BCUT2D eigenvalue weighted by Crippen LogP contribution is 2.44. The van der Waals surface area contributed by atoms with E-state index in [4.69, 9.17) is 4.74 Å². The van der Waals surface area contributed by atoms with Crippen LogP contribution in [-0.2, 0) is 0 Å². The molecular formula is C29H42O. The van der Waals surface area contributed by atoms with Crippen molar-refractivity contribution < 1.29 is 4.74 Å². The normalized spacial score (nSPS) is 27.3. The molecule has 2 aromatic rings. The summed E-state index contributed by atoms with van der Waals surface area (Å²) in [5, 5.41) is 2.66. The van der Waals surface area contributed by atoms with E-state index in [-0.39, 0.29) is 0 Å². The van der Waals surface area contributed by atoms with Gasteiger partial charge in [0.15, 0.2) is 0 Å². The van der Waals surface area contributed by atoms with Gasteiger partial charge in [-0.15, -0.1) is 0 Å². The predicted molar refractivity (Wildman–Crippen MR) is 129 cm³/mol. The van der Waals surface area contributed by atoms with Crippen LogP contribution < -0.4 is 4.74 Å². The van der Waals surface area contributed by atoms with Crippen molar-refractivity contribution in [3.05, 3.63) is 42.0 Å². The topological polar surface area (TPSA) is 9.23 Å². The fraction of sp³-hybridized carbons (Fsp3) is 0.655. The van der Waals surface area contributed by atoms with Crippen LogP contribution in [0.25, 0.3) is 10.8 Å². The molecule has 0 bridgehead atoms. The zero-order chi connectivity index (χ0) is 20.8. The van der Waals surface area contributed by atoms with Crippen molar-refractivity contribution >= 4 is 10.8 Å². The van der Waals surface area contributed by atoms with E-state index in [2.05, 4.69) is 43.3 Å². The molecule has 1 heteroatoms. The molecule has 1 nitrogen and oxygen atoms in total. The molecule has 4 rings (SSSR count). The van der Waals surface area contributed by atoms with Crippen molar-refractivity contribution in [2.24, 2.45) is 17.8 Å². The lowest BCUT2D eigenvalue weighted by atomic mass is 9.68. The van der Waals surface area contributed by atoms with Crippen LogP contribution >= 0.6 is 0 Å². The summed E-state index contributed by atoms with van der Waals surface area (Å²) < 4.78 is 5.66. The van der Waals surface area contributed by atoms with Crippen LogP contribution in [0, 0.1) is 17.8 Å². The Hall–Kier alpha value is -1.50. The highest BCUT2D eigenvalue weighted by atomic mass is 16.5. The number of rotatable bonds is 8. The second-order valence-corrected chi connectivity index (χ2v) is 10.1. The first-order valence-corrected chi connectivity index (χ1v) is 12.9. The molecule has 0 aromatic heterocycles. The van der Waals surface area contributed by atoms with E-state index in [0.29, 0.717) is 0 Å². The summed E-state index contributed by atoms with van der Waals surface area (Å²) in [7, 11) is 0. The summed E-state index contributed by atoms with van der Waals surface area (Å²) in [4.78, 5) is 0. The van der Waals surface area contributed by atoms with Crippen LogP contribution in [0.15, 0.2) is 36.4 Å². The molecule has 0 saturated heterocycles. The van der Waals surface area contributed by atoms with E-state index in [1.165, 1.54) is 87.8 Å². The molecule has 164 valence electrons.